The van der Waals surface area contributed by atoms with E-state index in [1.165, 1.54) is 6.92 Å². The standard InChI is InChI=1S/C13H16O3/c1-10(9-16-11(2)14)8-12-4-6-13(15-3)7-5-12/h4-7H,1,8-9H2,2-3H3. The first-order valence-corrected chi connectivity index (χ1v) is 5.04. The second-order valence-corrected chi connectivity index (χ2v) is 3.56. The van der Waals surface area contributed by atoms with Gasteiger partial charge in [0.1, 0.15) is 12.4 Å². The van der Waals surface area contributed by atoms with Crippen molar-refractivity contribution in [1.82, 2.24) is 0 Å². The fourth-order valence-corrected chi connectivity index (χ4v) is 1.29. The number of benzene rings is 1. The van der Waals surface area contributed by atoms with Gasteiger partial charge < -0.3 is 9.47 Å². The quantitative estimate of drug-likeness (QED) is 0.564. The molecule has 0 heterocycles. The Morgan fingerprint density at radius 1 is 1.31 bits per heavy atom. The lowest BCUT2D eigenvalue weighted by Gasteiger charge is -2.06. The molecule has 0 saturated heterocycles. The van der Waals surface area contributed by atoms with Crippen LogP contribution in [0.2, 0.25) is 0 Å². The first kappa shape index (κ1) is 12.3. The molecule has 0 radical (unpaired) electrons. The molecule has 0 aliphatic heterocycles. The van der Waals surface area contributed by atoms with Crippen LogP contribution in [0.4, 0.5) is 0 Å². The number of hydrogen-bond donors (Lipinski definition) is 0. The van der Waals surface area contributed by atoms with Crippen LogP contribution in [-0.4, -0.2) is 19.7 Å². The molecule has 0 atom stereocenters. The van der Waals surface area contributed by atoms with E-state index in [-0.39, 0.29) is 12.6 Å². The Balaban J connectivity index is 2.46. The molecular weight excluding hydrogens is 204 g/mol. The van der Waals surface area contributed by atoms with Gasteiger partial charge in [0.2, 0.25) is 0 Å². The van der Waals surface area contributed by atoms with Gasteiger partial charge in [-0.2, -0.15) is 0 Å². The van der Waals surface area contributed by atoms with Crippen LogP contribution >= 0.6 is 0 Å². The van der Waals surface area contributed by atoms with E-state index in [1.54, 1.807) is 7.11 Å². The molecule has 0 N–H and O–H groups in total. The number of carbonyl (C=O) groups is 1. The molecule has 0 saturated carbocycles. The normalized spacial score (nSPS) is 9.62. The van der Waals surface area contributed by atoms with E-state index in [0.717, 1.165) is 16.9 Å². The topological polar surface area (TPSA) is 35.5 Å². The molecule has 0 aliphatic carbocycles. The minimum atomic E-state index is -0.282. The Labute approximate surface area is 95.7 Å². The molecule has 0 unspecified atom stereocenters. The van der Waals surface area contributed by atoms with E-state index < -0.39 is 0 Å². The van der Waals surface area contributed by atoms with Crippen molar-refractivity contribution in [3.05, 3.63) is 42.0 Å². The van der Waals surface area contributed by atoms with Gasteiger partial charge in [-0.15, -0.1) is 0 Å². The molecule has 3 heteroatoms. The number of rotatable bonds is 5. The summed E-state index contributed by atoms with van der Waals surface area (Å²) in [5.74, 6) is 0.547. The van der Waals surface area contributed by atoms with Gasteiger partial charge in [-0.05, 0) is 29.7 Å². The second kappa shape index (κ2) is 5.95. The van der Waals surface area contributed by atoms with Gasteiger partial charge in [0.25, 0.3) is 0 Å². The lowest BCUT2D eigenvalue weighted by atomic mass is 10.1. The molecule has 0 fully saturated rings. The van der Waals surface area contributed by atoms with Gasteiger partial charge in [-0.1, -0.05) is 18.7 Å². The SMILES string of the molecule is C=C(COC(C)=O)Cc1ccc(OC)cc1. The van der Waals surface area contributed by atoms with Crippen LogP contribution in [-0.2, 0) is 16.0 Å². The van der Waals surface area contributed by atoms with Crippen LogP contribution < -0.4 is 4.74 Å². The minimum absolute atomic E-state index is 0.279. The Kier molecular flexibility index (Phi) is 4.58. The summed E-state index contributed by atoms with van der Waals surface area (Å²) in [6, 6.07) is 7.73. The summed E-state index contributed by atoms with van der Waals surface area (Å²) in [6.45, 7) is 5.52. The van der Waals surface area contributed by atoms with Gasteiger partial charge in [0.05, 0.1) is 7.11 Å². The van der Waals surface area contributed by atoms with Crippen LogP contribution in [0.15, 0.2) is 36.4 Å². The number of hydrogen-bond acceptors (Lipinski definition) is 3. The first-order chi connectivity index (χ1) is 7.61. The van der Waals surface area contributed by atoms with E-state index >= 15 is 0 Å². The summed E-state index contributed by atoms with van der Waals surface area (Å²) in [5.41, 5.74) is 2.00. The average Bonchev–Trinajstić information content (AvgIpc) is 2.27. The van der Waals surface area contributed by atoms with Crippen molar-refractivity contribution in [3.63, 3.8) is 0 Å². The van der Waals surface area contributed by atoms with Gasteiger partial charge in [0, 0.05) is 6.92 Å². The smallest absolute Gasteiger partial charge is 0.302 e. The number of methoxy groups -OCH3 is 1. The number of ether oxygens (including phenoxy) is 2. The highest BCUT2D eigenvalue weighted by Crippen LogP contribution is 2.13. The summed E-state index contributed by atoms with van der Waals surface area (Å²) in [5, 5.41) is 0. The molecule has 86 valence electrons. The maximum atomic E-state index is 10.6. The lowest BCUT2D eigenvalue weighted by molar-refractivity contribution is -0.140. The molecule has 0 amide bonds. The first-order valence-electron chi connectivity index (χ1n) is 5.04. The van der Waals surface area contributed by atoms with Gasteiger partial charge >= 0.3 is 5.97 Å². The Morgan fingerprint density at radius 2 is 1.94 bits per heavy atom. The van der Waals surface area contributed by atoms with E-state index in [1.807, 2.05) is 24.3 Å². The fraction of sp³-hybridized carbons (Fsp3) is 0.308. The van der Waals surface area contributed by atoms with Crippen molar-refractivity contribution in [2.45, 2.75) is 13.3 Å². The summed E-state index contributed by atoms with van der Waals surface area (Å²) < 4.78 is 9.92. The fourth-order valence-electron chi connectivity index (χ4n) is 1.29. The molecular formula is C13H16O3. The maximum Gasteiger partial charge on any atom is 0.302 e. The third-order valence-corrected chi connectivity index (χ3v) is 2.09. The molecule has 1 aromatic carbocycles. The van der Waals surface area contributed by atoms with Crippen molar-refractivity contribution < 1.29 is 14.3 Å². The van der Waals surface area contributed by atoms with Gasteiger partial charge in [-0.3, -0.25) is 4.79 Å². The molecule has 3 nitrogen and oxygen atoms in total. The lowest BCUT2D eigenvalue weighted by Crippen LogP contribution is -2.04. The highest BCUT2D eigenvalue weighted by molar-refractivity contribution is 5.66. The summed E-state index contributed by atoms with van der Waals surface area (Å²) in [4.78, 5) is 10.6. The van der Waals surface area contributed by atoms with E-state index in [9.17, 15) is 4.79 Å². The third-order valence-electron chi connectivity index (χ3n) is 2.09. The highest BCUT2D eigenvalue weighted by Gasteiger charge is 2.00. The van der Waals surface area contributed by atoms with Crippen LogP contribution in [0.1, 0.15) is 12.5 Å². The van der Waals surface area contributed by atoms with Crippen LogP contribution in [0, 0.1) is 0 Å². The minimum Gasteiger partial charge on any atom is -0.497 e. The van der Waals surface area contributed by atoms with Crippen LogP contribution in [0.25, 0.3) is 0 Å². The van der Waals surface area contributed by atoms with Gasteiger partial charge in [0.15, 0.2) is 0 Å². The van der Waals surface area contributed by atoms with E-state index in [2.05, 4.69) is 6.58 Å². The highest BCUT2D eigenvalue weighted by atomic mass is 16.5. The van der Waals surface area contributed by atoms with E-state index in [4.69, 9.17) is 9.47 Å². The van der Waals surface area contributed by atoms with E-state index in [0.29, 0.717) is 6.42 Å². The summed E-state index contributed by atoms with van der Waals surface area (Å²) in [6.07, 6.45) is 0.706. The molecule has 0 spiro atoms. The van der Waals surface area contributed by atoms with Crippen molar-refractivity contribution in [1.29, 1.82) is 0 Å². The zero-order valence-corrected chi connectivity index (χ0v) is 9.66. The molecule has 1 aromatic rings. The van der Waals surface area contributed by atoms with Crippen LogP contribution in [0.3, 0.4) is 0 Å². The third kappa shape index (κ3) is 4.17. The molecule has 0 aromatic heterocycles. The summed E-state index contributed by atoms with van der Waals surface area (Å²) >= 11 is 0. The zero-order chi connectivity index (χ0) is 12.0. The van der Waals surface area contributed by atoms with Crippen molar-refractivity contribution in [2.24, 2.45) is 0 Å². The molecule has 0 aliphatic rings. The Bertz CT molecular complexity index is 365. The maximum absolute atomic E-state index is 10.6. The molecule has 1 rings (SSSR count). The number of carbonyl (C=O) groups excluding carboxylic acids is 1. The average molecular weight is 220 g/mol. The zero-order valence-electron chi connectivity index (χ0n) is 9.66. The van der Waals surface area contributed by atoms with Gasteiger partial charge in [-0.25, -0.2) is 0 Å². The van der Waals surface area contributed by atoms with Crippen molar-refractivity contribution in [2.75, 3.05) is 13.7 Å². The predicted molar refractivity (Wildman–Crippen MR) is 62.5 cm³/mol. The predicted octanol–water partition coefficient (Wildman–Crippen LogP) is 2.36. The second-order valence-electron chi connectivity index (χ2n) is 3.56. The number of esters is 1. The summed E-state index contributed by atoms with van der Waals surface area (Å²) in [7, 11) is 1.63. The van der Waals surface area contributed by atoms with Crippen molar-refractivity contribution >= 4 is 5.97 Å². The monoisotopic (exact) mass is 220 g/mol. The Morgan fingerprint density at radius 3 is 2.44 bits per heavy atom. The van der Waals surface area contributed by atoms with Crippen molar-refractivity contribution in [3.8, 4) is 5.75 Å². The molecule has 0 bridgehead atoms. The Hall–Kier alpha value is -1.77. The van der Waals surface area contributed by atoms with Crippen LogP contribution in [0.5, 0.6) is 5.75 Å². The molecule has 16 heavy (non-hydrogen) atoms. The largest absolute Gasteiger partial charge is 0.497 e.